The van der Waals surface area contributed by atoms with Crippen LogP contribution in [0.4, 0.5) is 0 Å². The number of ether oxygens (including phenoxy) is 4. The van der Waals surface area contributed by atoms with E-state index < -0.39 is 24.3 Å². The van der Waals surface area contributed by atoms with Crippen molar-refractivity contribution in [2.24, 2.45) is 0 Å². The second-order valence-electron chi connectivity index (χ2n) is 14.9. The summed E-state index contributed by atoms with van der Waals surface area (Å²) in [6, 6.07) is 0. The number of allylic oxidation sites excluding steroid dienone is 2. The zero-order valence-corrected chi connectivity index (χ0v) is 33.0. The molecule has 50 heavy (non-hydrogen) atoms. The maximum Gasteiger partial charge on any atom is 0.306 e. The Kier molecular flexibility index (Phi) is 32.8. The molecule has 2 atom stereocenters. The van der Waals surface area contributed by atoms with E-state index in [-0.39, 0.29) is 32.2 Å². The summed E-state index contributed by atoms with van der Waals surface area (Å²) >= 11 is 0. The van der Waals surface area contributed by atoms with Gasteiger partial charge in [-0.15, -0.1) is 0 Å². The van der Waals surface area contributed by atoms with Crippen molar-refractivity contribution >= 4 is 17.9 Å². The van der Waals surface area contributed by atoms with Gasteiger partial charge in [0, 0.05) is 12.8 Å². The smallest absolute Gasteiger partial charge is 0.306 e. The molecule has 0 spiro atoms. The van der Waals surface area contributed by atoms with E-state index in [1.54, 1.807) is 0 Å². The van der Waals surface area contributed by atoms with Crippen LogP contribution in [0.5, 0.6) is 0 Å². The first-order chi connectivity index (χ1) is 24.1. The minimum atomic E-state index is -1.61. The van der Waals surface area contributed by atoms with Gasteiger partial charge < -0.3 is 33.3 Å². The summed E-state index contributed by atoms with van der Waals surface area (Å²) in [5.41, 5.74) is 0. The van der Waals surface area contributed by atoms with Crippen LogP contribution in [0.15, 0.2) is 12.2 Å². The SMILES string of the molecule is CCCCCCCC/C=C\CCCCCCCCCC(=O)OC(COC(=O)CCCCCCCCCC)COC(OCC[N+](C)(C)C)C(=O)[O-]. The van der Waals surface area contributed by atoms with Gasteiger partial charge in [-0.05, 0) is 38.5 Å². The van der Waals surface area contributed by atoms with Gasteiger partial charge in [0.1, 0.15) is 13.2 Å². The molecule has 294 valence electrons. The number of hydrogen-bond acceptors (Lipinski definition) is 8. The number of carboxylic acids is 1. The predicted molar refractivity (Wildman–Crippen MR) is 200 cm³/mol. The lowest BCUT2D eigenvalue weighted by atomic mass is 10.1. The van der Waals surface area contributed by atoms with E-state index >= 15 is 0 Å². The highest BCUT2D eigenvalue weighted by atomic mass is 16.7. The summed E-state index contributed by atoms with van der Waals surface area (Å²) in [7, 11) is 5.90. The largest absolute Gasteiger partial charge is 0.545 e. The van der Waals surface area contributed by atoms with Gasteiger partial charge in [0.05, 0.1) is 40.3 Å². The van der Waals surface area contributed by atoms with Crippen molar-refractivity contribution in [3.05, 3.63) is 12.2 Å². The number of carbonyl (C=O) groups is 3. The molecule has 0 amide bonds. The highest BCUT2D eigenvalue weighted by Gasteiger charge is 2.21. The van der Waals surface area contributed by atoms with Crippen molar-refractivity contribution in [2.75, 3.05) is 47.5 Å². The van der Waals surface area contributed by atoms with E-state index in [0.29, 0.717) is 23.9 Å². The predicted octanol–water partition coefficient (Wildman–Crippen LogP) is 8.61. The molecular weight excluding hydrogens is 634 g/mol. The van der Waals surface area contributed by atoms with E-state index in [4.69, 9.17) is 18.9 Å². The summed E-state index contributed by atoms with van der Waals surface area (Å²) in [5.74, 6) is -2.29. The summed E-state index contributed by atoms with van der Waals surface area (Å²) in [4.78, 5) is 36.7. The van der Waals surface area contributed by atoms with Crippen LogP contribution in [-0.2, 0) is 33.3 Å². The third-order valence-electron chi connectivity index (χ3n) is 8.76. The standard InChI is InChI=1S/C41H77NO8/c1-6-8-10-12-14-16-17-18-19-20-21-22-23-24-26-28-30-32-39(44)50-37(36-49-41(40(45)46)47-34-33-42(3,4)5)35-48-38(43)31-29-27-25-15-13-11-9-7-2/h18-19,37,41H,6-17,20-36H2,1-5H3/b19-18-. The van der Waals surface area contributed by atoms with E-state index in [1.165, 1.54) is 96.3 Å². The second-order valence-corrected chi connectivity index (χ2v) is 14.9. The second kappa shape index (κ2) is 34.1. The van der Waals surface area contributed by atoms with Crippen molar-refractivity contribution in [1.82, 2.24) is 0 Å². The van der Waals surface area contributed by atoms with Crippen LogP contribution in [0.3, 0.4) is 0 Å². The average molecular weight is 712 g/mol. The van der Waals surface area contributed by atoms with Crippen LogP contribution in [0.2, 0.25) is 0 Å². The Morgan fingerprint density at radius 1 is 0.580 bits per heavy atom. The Hall–Kier alpha value is -1.97. The third-order valence-corrected chi connectivity index (χ3v) is 8.76. The topological polar surface area (TPSA) is 111 Å². The Labute approximate surface area is 306 Å². The van der Waals surface area contributed by atoms with Crippen LogP contribution in [-0.4, -0.2) is 82.3 Å². The van der Waals surface area contributed by atoms with Gasteiger partial charge in [-0.25, -0.2) is 0 Å². The Bertz CT molecular complexity index is 841. The summed E-state index contributed by atoms with van der Waals surface area (Å²) in [5, 5.41) is 11.6. The number of esters is 2. The summed E-state index contributed by atoms with van der Waals surface area (Å²) in [6.45, 7) is 4.69. The van der Waals surface area contributed by atoms with E-state index in [9.17, 15) is 19.5 Å². The number of carbonyl (C=O) groups excluding carboxylic acids is 3. The maximum absolute atomic E-state index is 12.7. The molecule has 0 aromatic carbocycles. The Morgan fingerprint density at radius 3 is 1.48 bits per heavy atom. The molecule has 0 heterocycles. The molecule has 0 fully saturated rings. The average Bonchev–Trinajstić information content (AvgIpc) is 3.06. The van der Waals surface area contributed by atoms with Gasteiger partial charge in [0.2, 0.25) is 0 Å². The zero-order valence-electron chi connectivity index (χ0n) is 33.0. The minimum absolute atomic E-state index is 0.149. The van der Waals surface area contributed by atoms with Gasteiger partial charge in [0.25, 0.3) is 0 Å². The quantitative estimate of drug-likeness (QED) is 0.0207. The van der Waals surface area contributed by atoms with E-state index in [1.807, 2.05) is 21.1 Å². The number of likely N-dealkylation sites (N-methyl/N-ethyl adjacent to an activating group) is 1. The number of aliphatic carboxylic acids is 1. The number of nitrogens with zero attached hydrogens (tertiary/aromatic N) is 1. The van der Waals surface area contributed by atoms with Gasteiger partial charge in [-0.2, -0.15) is 0 Å². The lowest BCUT2D eigenvalue weighted by Crippen LogP contribution is -2.44. The van der Waals surface area contributed by atoms with Crippen molar-refractivity contribution < 1.29 is 42.9 Å². The highest BCUT2D eigenvalue weighted by Crippen LogP contribution is 2.13. The van der Waals surface area contributed by atoms with E-state index in [2.05, 4.69) is 26.0 Å². The summed E-state index contributed by atoms with van der Waals surface area (Å²) in [6.07, 6.45) is 29.6. The number of quaternary nitrogens is 1. The molecule has 0 N–H and O–H groups in total. The maximum atomic E-state index is 12.7. The molecule has 0 aliphatic heterocycles. The van der Waals surface area contributed by atoms with Gasteiger partial charge in [0.15, 0.2) is 12.4 Å². The number of unbranched alkanes of at least 4 members (excludes halogenated alkanes) is 20. The molecule has 9 nitrogen and oxygen atoms in total. The lowest BCUT2D eigenvalue weighted by molar-refractivity contribution is -0.870. The highest BCUT2D eigenvalue weighted by molar-refractivity contribution is 5.70. The van der Waals surface area contributed by atoms with Crippen LogP contribution < -0.4 is 5.11 Å². The molecule has 0 radical (unpaired) electrons. The molecule has 0 aromatic heterocycles. The molecule has 0 aliphatic rings. The van der Waals surface area contributed by atoms with Gasteiger partial charge >= 0.3 is 11.9 Å². The molecule has 0 aliphatic carbocycles. The zero-order chi connectivity index (χ0) is 37.1. The number of rotatable bonds is 37. The fraction of sp³-hybridized carbons (Fsp3) is 0.878. The van der Waals surface area contributed by atoms with Gasteiger partial charge in [-0.3, -0.25) is 9.59 Å². The summed E-state index contributed by atoms with van der Waals surface area (Å²) < 4.78 is 22.4. The fourth-order valence-electron chi connectivity index (χ4n) is 5.53. The van der Waals surface area contributed by atoms with Gasteiger partial charge in [-0.1, -0.05) is 135 Å². The van der Waals surface area contributed by atoms with Crippen molar-refractivity contribution in [2.45, 2.75) is 187 Å². The first-order valence-corrected chi connectivity index (χ1v) is 20.3. The van der Waals surface area contributed by atoms with Crippen LogP contribution in [0.25, 0.3) is 0 Å². The molecule has 0 bridgehead atoms. The first kappa shape index (κ1) is 48.0. The van der Waals surface area contributed by atoms with Crippen molar-refractivity contribution in [1.29, 1.82) is 0 Å². The third kappa shape index (κ3) is 34.5. The lowest BCUT2D eigenvalue weighted by Gasteiger charge is -2.26. The van der Waals surface area contributed by atoms with Crippen LogP contribution >= 0.6 is 0 Å². The Morgan fingerprint density at radius 2 is 1.02 bits per heavy atom. The minimum Gasteiger partial charge on any atom is -0.545 e. The first-order valence-electron chi connectivity index (χ1n) is 20.3. The number of carboxylic acid groups (broad SMARTS) is 1. The monoisotopic (exact) mass is 712 g/mol. The number of hydrogen-bond donors (Lipinski definition) is 0. The molecule has 2 unspecified atom stereocenters. The molecule has 9 heteroatoms. The Balaban J connectivity index is 4.43. The van der Waals surface area contributed by atoms with Crippen molar-refractivity contribution in [3.8, 4) is 0 Å². The normalized spacial score (nSPS) is 13.1. The molecule has 0 saturated heterocycles. The fourth-order valence-corrected chi connectivity index (χ4v) is 5.53. The molecule has 0 aromatic rings. The van der Waals surface area contributed by atoms with Crippen LogP contribution in [0, 0.1) is 0 Å². The molecular formula is C41H77NO8. The van der Waals surface area contributed by atoms with Crippen LogP contribution in [0.1, 0.15) is 174 Å². The molecule has 0 rings (SSSR count). The molecule has 0 saturated carbocycles. The van der Waals surface area contributed by atoms with Crippen molar-refractivity contribution in [3.63, 3.8) is 0 Å². The van der Waals surface area contributed by atoms with E-state index in [0.717, 1.165) is 44.9 Å².